The van der Waals surface area contributed by atoms with Gasteiger partial charge in [-0.1, -0.05) is 22.0 Å². The monoisotopic (exact) mass is 336 g/mol. The van der Waals surface area contributed by atoms with Crippen molar-refractivity contribution in [2.45, 2.75) is 0 Å². The number of carboxylic acid groups (broad SMARTS) is 1. The molecule has 0 saturated carbocycles. The number of aromatic hydroxyl groups is 1. The van der Waals surface area contributed by atoms with Crippen LogP contribution in [-0.2, 0) is 0 Å². The molecule has 0 saturated heterocycles. The van der Waals surface area contributed by atoms with Gasteiger partial charge in [-0.15, -0.1) is 0 Å². The highest BCUT2D eigenvalue weighted by Gasteiger charge is 2.13. The molecule has 1 aromatic carbocycles. The highest BCUT2D eigenvalue weighted by Crippen LogP contribution is 2.22. The fourth-order valence-corrected chi connectivity index (χ4v) is 1.86. The number of benzene rings is 1. The van der Waals surface area contributed by atoms with Crippen LogP contribution in [0.4, 0.5) is 5.82 Å². The zero-order chi connectivity index (χ0) is 14.7. The van der Waals surface area contributed by atoms with Crippen LogP contribution >= 0.6 is 15.9 Å². The standard InChI is InChI=1S/C13H9BrN2O4/c14-7-4-5-10(17)8(6-7)12(18)16-11-3-1-2-9(15-11)13(19)20/h1-6,17H,(H,19,20)(H,15,16,18). The van der Waals surface area contributed by atoms with E-state index in [0.29, 0.717) is 4.47 Å². The lowest BCUT2D eigenvalue weighted by Gasteiger charge is -2.07. The molecule has 3 N–H and O–H groups in total. The maximum atomic E-state index is 12.0. The Morgan fingerprint density at radius 1 is 1.20 bits per heavy atom. The predicted molar refractivity (Wildman–Crippen MR) is 75.0 cm³/mol. The predicted octanol–water partition coefficient (Wildman–Crippen LogP) is 2.50. The van der Waals surface area contributed by atoms with Gasteiger partial charge in [-0.25, -0.2) is 9.78 Å². The van der Waals surface area contributed by atoms with Crippen LogP contribution in [0.15, 0.2) is 40.9 Å². The summed E-state index contributed by atoms with van der Waals surface area (Å²) in [7, 11) is 0. The second kappa shape index (κ2) is 5.70. The minimum absolute atomic E-state index is 0.0573. The van der Waals surface area contributed by atoms with E-state index in [-0.39, 0.29) is 22.8 Å². The van der Waals surface area contributed by atoms with Gasteiger partial charge in [-0.2, -0.15) is 0 Å². The molecule has 0 aliphatic heterocycles. The second-order valence-corrected chi connectivity index (χ2v) is 4.74. The molecule has 102 valence electrons. The van der Waals surface area contributed by atoms with Crippen LogP contribution in [0.25, 0.3) is 0 Å². The number of phenolic OH excluding ortho intramolecular Hbond substituents is 1. The lowest BCUT2D eigenvalue weighted by molar-refractivity contribution is 0.0690. The number of pyridine rings is 1. The normalized spacial score (nSPS) is 10.1. The summed E-state index contributed by atoms with van der Waals surface area (Å²) < 4.78 is 0.632. The third-order valence-corrected chi connectivity index (χ3v) is 2.91. The molecule has 0 aliphatic carbocycles. The smallest absolute Gasteiger partial charge is 0.354 e. The SMILES string of the molecule is O=C(O)c1cccc(NC(=O)c2cc(Br)ccc2O)n1. The van der Waals surface area contributed by atoms with Gasteiger partial charge in [0.1, 0.15) is 11.6 Å². The Hall–Kier alpha value is -2.41. The van der Waals surface area contributed by atoms with Crippen LogP contribution in [-0.4, -0.2) is 27.1 Å². The van der Waals surface area contributed by atoms with Crippen LogP contribution in [0, 0.1) is 0 Å². The van der Waals surface area contributed by atoms with Gasteiger partial charge in [0.25, 0.3) is 5.91 Å². The van der Waals surface area contributed by atoms with Gasteiger partial charge >= 0.3 is 5.97 Å². The molecule has 1 aromatic heterocycles. The van der Waals surface area contributed by atoms with Crippen molar-refractivity contribution in [1.82, 2.24) is 4.98 Å². The fourth-order valence-electron chi connectivity index (χ4n) is 1.50. The van der Waals surface area contributed by atoms with E-state index in [1.54, 1.807) is 6.07 Å². The molecule has 1 amide bonds. The number of aromatic carboxylic acids is 1. The average Bonchev–Trinajstić information content (AvgIpc) is 2.41. The zero-order valence-corrected chi connectivity index (χ0v) is 11.6. The summed E-state index contributed by atoms with van der Waals surface area (Å²) in [5, 5.41) is 20.9. The van der Waals surface area contributed by atoms with Crippen LogP contribution in [0.2, 0.25) is 0 Å². The molecule has 0 bridgehead atoms. The van der Waals surface area contributed by atoms with Crippen LogP contribution in [0.5, 0.6) is 5.75 Å². The second-order valence-electron chi connectivity index (χ2n) is 3.83. The number of hydrogen-bond acceptors (Lipinski definition) is 4. The summed E-state index contributed by atoms with van der Waals surface area (Å²) >= 11 is 3.20. The molecule has 0 aliphatic rings. The number of phenols is 1. The number of carbonyl (C=O) groups is 2. The number of anilines is 1. The highest BCUT2D eigenvalue weighted by molar-refractivity contribution is 9.10. The minimum atomic E-state index is -1.19. The summed E-state index contributed by atoms with van der Waals surface area (Å²) in [6.45, 7) is 0. The first-order valence-corrected chi connectivity index (χ1v) is 6.27. The van der Waals surface area contributed by atoms with Gasteiger partial charge in [-0.05, 0) is 30.3 Å². The molecular formula is C13H9BrN2O4. The lowest BCUT2D eigenvalue weighted by atomic mass is 10.2. The van der Waals surface area contributed by atoms with E-state index >= 15 is 0 Å². The van der Waals surface area contributed by atoms with Crippen LogP contribution in [0.3, 0.4) is 0 Å². The number of hydrogen-bond donors (Lipinski definition) is 3. The van der Waals surface area contributed by atoms with Crippen LogP contribution < -0.4 is 5.32 Å². The van der Waals surface area contributed by atoms with E-state index in [1.165, 1.54) is 30.3 Å². The number of carbonyl (C=O) groups excluding carboxylic acids is 1. The fraction of sp³-hybridized carbons (Fsp3) is 0. The first-order chi connectivity index (χ1) is 9.47. The molecule has 0 unspecified atom stereocenters. The summed E-state index contributed by atoms with van der Waals surface area (Å²) in [5.74, 6) is -1.86. The Bertz CT molecular complexity index is 688. The molecule has 2 rings (SSSR count). The summed E-state index contributed by atoms with van der Waals surface area (Å²) in [5.41, 5.74) is -0.122. The molecule has 6 nitrogen and oxygen atoms in total. The molecular weight excluding hydrogens is 328 g/mol. The molecule has 7 heteroatoms. The Kier molecular flexibility index (Phi) is 3.99. The number of carboxylic acids is 1. The van der Waals surface area contributed by atoms with E-state index in [9.17, 15) is 14.7 Å². The number of nitrogens with one attached hydrogen (secondary N) is 1. The van der Waals surface area contributed by atoms with E-state index in [4.69, 9.17) is 5.11 Å². The largest absolute Gasteiger partial charge is 0.507 e. The maximum absolute atomic E-state index is 12.0. The quantitative estimate of drug-likeness (QED) is 0.799. The van der Waals surface area contributed by atoms with Gasteiger partial charge in [0.05, 0.1) is 5.56 Å². The van der Waals surface area contributed by atoms with E-state index in [1.807, 2.05) is 0 Å². The van der Waals surface area contributed by atoms with Crippen molar-refractivity contribution >= 4 is 33.6 Å². The number of aromatic nitrogens is 1. The molecule has 0 atom stereocenters. The minimum Gasteiger partial charge on any atom is -0.507 e. The Morgan fingerprint density at radius 3 is 2.65 bits per heavy atom. The number of halogens is 1. The maximum Gasteiger partial charge on any atom is 0.354 e. The molecule has 0 radical (unpaired) electrons. The number of amides is 1. The van der Waals surface area contributed by atoms with E-state index in [0.717, 1.165) is 0 Å². The van der Waals surface area contributed by atoms with Gasteiger partial charge in [0.15, 0.2) is 5.69 Å². The first-order valence-electron chi connectivity index (χ1n) is 5.47. The van der Waals surface area contributed by atoms with Gasteiger partial charge in [0.2, 0.25) is 0 Å². The van der Waals surface area contributed by atoms with E-state index < -0.39 is 11.9 Å². The number of rotatable bonds is 3. The Balaban J connectivity index is 2.25. The van der Waals surface area contributed by atoms with Crippen molar-refractivity contribution in [3.8, 4) is 5.75 Å². The highest BCUT2D eigenvalue weighted by atomic mass is 79.9. The van der Waals surface area contributed by atoms with Crippen molar-refractivity contribution < 1.29 is 19.8 Å². The summed E-state index contributed by atoms with van der Waals surface area (Å²) in [6.07, 6.45) is 0. The Morgan fingerprint density at radius 2 is 1.95 bits per heavy atom. The average molecular weight is 337 g/mol. The van der Waals surface area contributed by atoms with Crippen molar-refractivity contribution in [2.75, 3.05) is 5.32 Å². The Labute approximate surface area is 122 Å². The molecule has 2 aromatic rings. The van der Waals surface area contributed by atoms with Crippen molar-refractivity contribution in [3.05, 3.63) is 52.1 Å². The third kappa shape index (κ3) is 3.12. The van der Waals surface area contributed by atoms with Crippen molar-refractivity contribution in [3.63, 3.8) is 0 Å². The lowest BCUT2D eigenvalue weighted by Crippen LogP contribution is -2.14. The van der Waals surface area contributed by atoms with E-state index in [2.05, 4.69) is 26.2 Å². The molecule has 0 fully saturated rings. The van der Waals surface area contributed by atoms with Crippen LogP contribution in [0.1, 0.15) is 20.8 Å². The number of nitrogens with zero attached hydrogens (tertiary/aromatic N) is 1. The first kappa shape index (κ1) is 14.0. The molecule has 20 heavy (non-hydrogen) atoms. The topological polar surface area (TPSA) is 99.5 Å². The third-order valence-electron chi connectivity index (χ3n) is 2.41. The van der Waals surface area contributed by atoms with Gasteiger partial charge in [0, 0.05) is 4.47 Å². The van der Waals surface area contributed by atoms with Gasteiger partial charge < -0.3 is 15.5 Å². The zero-order valence-electron chi connectivity index (χ0n) is 10.0. The van der Waals surface area contributed by atoms with Crippen molar-refractivity contribution in [1.29, 1.82) is 0 Å². The van der Waals surface area contributed by atoms with Crippen molar-refractivity contribution in [2.24, 2.45) is 0 Å². The molecule has 1 heterocycles. The van der Waals surface area contributed by atoms with Gasteiger partial charge in [-0.3, -0.25) is 4.79 Å². The molecule has 0 spiro atoms. The summed E-state index contributed by atoms with van der Waals surface area (Å²) in [6, 6.07) is 8.65. The summed E-state index contributed by atoms with van der Waals surface area (Å²) in [4.78, 5) is 26.5.